The lowest BCUT2D eigenvalue weighted by molar-refractivity contribution is -0.135. The van der Waals surface area contributed by atoms with Gasteiger partial charge in [0, 0.05) is 38.4 Å². The molecule has 5 rings (SSSR count). The maximum Gasteiger partial charge on any atom is 0.261 e. The molecule has 1 amide bonds. The zero-order chi connectivity index (χ0) is 25.8. The highest BCUT2D eigenvalue weighted by Crippen LogP contribution is 2.32. The number of carbonyl (C=O) groups excluding carboxylic acids is 1. The molecule has 1 N–H and O–H groups in total. The second-order valence-electron chi connectivity index (χ2n) is 8.72. The van der Waals surface area contributed by atoms with Crippen LogP contribution in [0, 0.1) is 5.82 Å². The molecular formula is C26H26FN3O6S. The molecule has 0 spiro atoms. The molecule has 194 valence electrons. The molecule has 0 unspecified atom stereocenters. The normalized spacial score (nSPS) is 15.4. The molecule has 0 aromatic heterocycles. The van der Waals surface area contributed by atoms with Crippen LogP contribution < -0.4 is 18.9 Å². The van der Waals surface area contributed by atoms with Gasteiger partial charge in [-0.05, 0) is 66.2 Å². The van der Waals surface area contributed by atoms with Crippen LogP contribution in [0.4, 0.5) is 10.1 Å². The number of nitrogens with zero attached hydrogens (tertiary/aromatic N) is 2. The second kappa shape index (κ2) is 10.7. The summed E-state index contributed by atoms with van der Waals surface area (Å²) in [7, 11) is -3.84. The van der Waals surface area contributed by atoms with Gasteiger partial charge in [0.05, 0.1) is 4.90 Å². The minimum absolute atomic E-state index is 0.0223. The Kier molecular flexibility index (Phi) is 7.15. The molecule has 9 nitrogen and oxygen atoms in total. The van der Waals surface area contributed by atoms with E-state index in [4.69, 9.17) is 14.2 Å². The number of hydrogen-bond acceptors (Lipinski definition) is 7. The number of piperazine rings is 1. The largest absolute Gasteiger partial charge is 0.484 e. The smallest absolute Gasteiger partial charge is 0.261 e. The van der Waals surface area contributed by atoms with Crippen molar-refractivity contribution in [2.45, 2.75) is 11.4 Å². The van der Waals surface area contributed by atoms with Gasteiger partial charge in [-0.3, -0.25) is 14.4 Å². The third-order valence-corrected chi connectivity index (χ3v) is 7.56. The highest BCUT2D eigenvalue weighted by molar-refractivity contribution is 7.92. The lowest BCUT2D eigenvalue weighted by Gasteiger charge is -2.34. The first-order valence-electron chi connectivity index (χ1n) is 11.8. The summed E-state index contributed by atoms with van der Waals surface area (Å²) < 4.78 is 56.9. The van der Waals surface area contributed by atoms with E-state index in [1.807, 2.05) is 18.2 Å². The number of fused-ring (bicyclic) bond motifs is 1. The summed E-state index contributed by atoms with van der Waals surface area (Å²) in [5.41, 5.74) is 1.38. The summed E-state index contributed by atoms with van der Waals surface area (Å²) in [6.07, 6.45) is 0. The van der Waals surface area contributed by atoms with E-state index in [0.717, 1.165) is 36.7 Å². The summed E-state index contributed by atoms with van der Waals surface area (Å²) in [5.74, 6) is 1.32. The number of rotatable bonds is 8. The minimum Gasteiger partial charge on any atom is -0.484 e. The molecule has 3 aromatic carbocycles. The summed E-state index contributed by atoms with van der Waals surface area (Å²) in [4.78, 5) is 16.7. The van der Waals surface area contributed by atoms with Gasteiger partial charge in [-0.1, -0.05) is 6.07 Å². The lowest BCUT2D eigenvalue weighted by Crippen LogP contribution is -2.49. The molecular weight excluding hydrogens is 501 g/mol. The first-order valence-corrected chi connectivity index (χ1v) is 13.2. The molecule has 2 heterocycles. The average Bonchev–Trinajstić information content (AvgIpc) is 3.37. The predicted molar refractivity (Wildman–Crippen MR) is 134 cm³/mol. The molecule has 11 heteroatoms. The SMILES string of the molecule is O=C(COc1ccc(S(=O)(=O)Nc2ccc(F)cc2)cc1)N1CCN(Cc2ccc3c(c2)OCO3)CC1. The van der Waals surface area contributed by atoms with Crippen molar-refractivity contribution < 1.29 is 31.8 Å². The molecule has 0 atom stereocenters. The van der Waals surface area contributed by atoms with Gasteiger partial charge in [-0.15, -0.1) is 0 Å². The van der Waals surface area contributed by atoms with Crippen molar-refractivity contribution in [2.24, 2.45) is 0 Å². The molecule has 0 aliphatic carbocycles. The number of hydrogen-bond donors (Lipinski definition) is 1. The Labute approximate surface area is 214 Å². The number of halogens is 1. The number of carbonyl (C=O) groups is 1. The number of nitrogens with one attached hydrogen (secondary N) is 1. The Bertz CT molecular complexity index is 1360. The number of ether oxygens (including phenoxy) is 3. The van der Waals surface area contributed by atoms with Gasteiger partial charge in [0.2, 0.25) is 6.79 Å². The molecule has 0 saturated carbocycles. The van der Waals surface area contributed by atoms with E-state index < -0.39 is 15.8 Å². The quantitative estimate of drug-likeness (QED) is 0.481. The summed E-state index contributed by atoms with van der Waals surface area (Å²) >= 11 is 0. The summed E-state index contributed by atoms with van der Waals surface area (Å²) in [5, 5.41) is 0. The number of amides is 1. The molecule has 2 aliphatic heterocycles. The molecule has 1 fully saturated rings. The van der Waals surface area contributed by atoms with Gasteiger partial charge < -0.3 is 19.1 Å². The van der Waals surface area contributed by atoms with Gasteiger partial charge in [-0.25, -0.2) is 12.8 Å². The Morgan fingerprint density at radius 2 is 1.62 bits per heavy atom. The van der Waals surface area contributed by atoms with Crippen LogP contribution in [0.3, 0.4) is 0 Å². The Balaban J connectivity index is 1.08. The van der Waals surface area contributed by atoms with Crippen LogP contribution in [0.2, 0.25) is 0 Å². The zero-order valence-electron chi connectivity index (χ0n) is 19.9. The highest BCUT2D eigenvalue weighted by atomic mass is 32.2. The fourth-order valence-corrected chi connectivity index (χ4v) is 5.19. The van der Waals surface area contributed by atoms with Crippen molar-refractivity contribution in [2.75, 3.05) is 44.3 Å². The second-order valence-corrected chi connectivity index (χ2v) is 10.4. The van der Waals surface area contributed by atoms with Crippen molar-refractivity contribution in [3.8, 4) is 17.2 Å². The maximum atomic E-state index is 13.0. The van der Waals surface area contributed by atoms with E-state index in [2.05, 4.69) is 9.62 Å². The van der Waals surface area contributed by atoms with Crippen molar-refractivity contribution >= 4 is 21.6 Å². The summed E-state index contributed by atoms with van der Waals surface area (Å²) in [6.45, 7) is 3.56. The van der Waals surface area contributed by atoms with Gasteiger partial charge in [0.1, 0.15) is 11.6 Å². The van der Waals surface area contributed by atoms with Crippen LogP contribution >= 0.6 is 0 Å². The van der Waals surface area contributed by atoms with Gasteiger partial charge in [0.25, 0.3) is 15.9 Å². The van der Waals surface area contributed by atoms with E-state index in [1.165, 1.54) is 48.5 Å². The number of anilines is 1. The van der Waals surface area contributed by atoms with E-state index in [1.54, 1.807) is 4.90 Å². The Morgan fingerprint density at radius 1 is 0.919 bits per heavy atom. The molecule has 0 radical (unpaired) electrons. The van der Waals surface area contributed by atoms with Gasteiger partial charge in [0.15, 0.2) is 18.1 Å². The molecule has 0 bridgehead atoms. The highest BCUT2D eigenvalue weighted by Gasteiger charge is 2.22. The number of sulfonamides is 1. The van der Waals surface area contributed by atoms with Crippen molar-refractivity contribution in [1.29, 1.82) is 0 Å². The fraction of sp³-hybridized carbons (Fsp3) is 0.269. The van der Waals surface area contributed by atoms with E-state index in [0.29, 0.717) is 18.8 Å². The molecule has 2 aliphatic rings. The monoisotopic (exact) mass is 527 g/mol. The van der Waals surface area contributed by atoms with Crippen LogP contribution in [0.1, 0.15) is 5.56 Å². The fourth-order valence-electron chi connectivity index (χ4n) is 4.14. The Morgan fingerprint density at radius 3 is 2.35 bits per heavy atom. The minimum atomic E-state index is -3.84. The van der Waals surface area contributed by atoms with Crippen LogP contribution in [0.15, 0.2) is 71.6 Å². The van der Waals surface area contributed by atoms with E-state index >= 15 is 0 Å². The number of benzene rings is 3. The van der Waals surface area contributed by atoms with Crippen molar-refractivity contribution in [3.63, 3.8) is 0 Å². The third-order valence-electron chi connectivity index (χ3n) is 6.16. The summed E-state index contributed by atoms with van der Waals surface area (Å²) in [6, 6.07) is 16.7. The van der Waals surface area contributed by atoms with Gasteiger partial charge in [-0.2, -0.15) is 0 Å². The van der Waals surface area contributed by atoms with E-state index in [9.17, 15) is 17.6 Å². The van der Waals surface area contributed by atoms with Crippen molar-refractivity contribution in [1.82, 2.24) is 9.80 Å². The van der Waals surface area contributed by atoms with Crippen LogP contribution in [0.5, 0.6) is 17.2 Å². The van der Waals surface area contributed by atoms with Gasteiger partial charge >= 0.3 is 0 Å². The maximum absolute atomic E-state index is 13.0. The average molecular weight is 528 g/mol. The van der Waals surface area contributed by atoms with Crippen LogP contribution in [-0.2, 0) is 21.4 Å². The first kappa shape index (κ1) is 24.8. The molecule has 3 aromatic rings. The lowest BCUT2D eigenvalue weighted by atomic mass is 10.1. The Hall–Kier alpha value is -3.83. The zero-order valence-corrected chi connectivity index (χ0v) is 20.7. The van der Waals surface area contributed by atoms with Crippen LogP contribution in [-0.4, -0.2) is 63.7 Å². The predicted octanol–water partition coefficient (Wildman–Crippen LogP) is 3.08. The first-order chi connectivity index (χ1) is 17.9. The standard InChI is InChI=1S/C26H26FN3O6S/c27-20-2-4-21(5-3-20)28-37(32,33)23-8-6-22(7-9-23)34-17-26(31)30-13-11-29(12-14-30)16-19-1-10-24-25(15-19)36-18-35-24/h1-10,15,28H,11-14,16-18H2. The molecule has 37 heavy (non-hydrogen) atoms. The van der Waals surface area contributed by atoms with E-state index in [-0.39, 0.29) is 29.9 Å². The molecule has 1 saturated heterocycles. The third kappa shape index (κ3) is 6.12. The van der Waals surface area contributed by atoms with Crippen molar-refractivity contribution in [3.05, 3.63) is 78.1 Å². The topological polar surface area (TPSA) is 97.4 Å². The van der Waals surface area contributed by atoms with Crippen LogP contribution in [0.25, 0.3) is 0 Å².